The molecular formula is C85H140O16P2. The van der Waals surface area contributed by atoms with Gasteiger partial charge in [0.15, 0.2) is 6.10 Å². The van der Waals surface area contributed by atoms with Gasteiger partial charge in [0.2, 0.25) is 0 Å². The van der Waals surface area contributed by atoms with Crippen LogP contribution in [0.25, 0.3) is 0 Å². The van der Waals surface area contributed by atoms with Crippen LogP contribution >= 0.6 is 15.6 Å². The number of phosphoric ester groups is 2. The lowest BCUT2D eigenvalue weighted by Crippen LogP contribution is -2.30. The van der Waals surface area contributed by atoms with E-state index in [0.29, 0.717) is 19.3 Å². The van der Waals surface area contributed by atoms with Crippen LogP contribution in [0.1, 0.15) is 290 Å². The van der Waals surface area contributed by atoms with Crippen molar-refractivity contribution >= 4 is 33.6 Å². The van der Waals surface area contributed by atoms with Crippen molar-refractivity contribution in [2.75, 3.05) is 39.6 Å². The quantitative estimate of drug-likeness (QED) is 0.0146. The van der Waals surface area contributed by atoms with E-state index >= 15 is 0 Å². The molecule has 586 valence electrons. The maximum atomic E-state index is 13.0. The number of ether oxygens (including phenoxy) is 3. The third-order valence-electron chi connectivity index (χ3n) is 15.9. The molecule has 5 unspecified atom stereocenters. The number of allylic oxidation sites excluding steroid dienone is 28. The third kappa shape index (κ3) is 77.8. The van der Waals surface area contributed by atoms with Crippen LogP contribution in [0.2, 0.25) is 0 Å². The standard InChI is InChI=1S/C85H140O16P2/c1-4-7-10-13-16-19-22-25-28-31-34-37-38-39-40-43-45-47-50-53-56-59-62-65-68-71-83(88)95-74-80(86)75-97-102(91,92)98-76-81(87)77-99-103(93,94)100-79-82(101-85(90)73-70-67-64-61-58-55-52-49-46-42-36-33-30-27-24-21-18-15-12-9-6-3)78-96-84(89)72-69-66-63-60-57-54-51-48-44-41-35-32-29-26-23-20-17-14-11-8-5-2/h8-9,11-12,16-21,25-30,34-37,39-42,48-49,51-52,80-82,86-87H,4-7,10,13-15,22-24,31-33,38,43-47,50,53-79H2,1-3H3,(H,91,92)(H,93,94)/b11-8-,12-9-,19-16-,20-17-,21-18-,28-25-,29-26-,30-27-,37-34-,40-39-,41-35-,42-36-,51-48-,52-49-. The summed E-state index contributed by atoms with van der Waals surface area (Å²) in [5, 5.41) is 20.6. The maximum Gasteiger partial charge on any atom is 0.472 e. The van der Waals surface area contributed by atoms with E-state index in [1.165, 1.54) is 51.4 Å². The second kappa shape index (κ2) is 76.6. The first-order valence-corrected chi connectivity index (χ1v) is 42.4. The summed E-state index contributed by atoms with van der Waals surface area (Å²) in [5.74, 6) is -1.63. The number of phosphoric acid groups is 2. The van der Waals surface area contributed by atoms with E-state index in [9.17, 15) is 43.5 Å². The molecule has 0 aliphatic rings. The van der Waals surface area contributed by atoms with Gasteiger partial charge in [-0.05, 0) is 154 Å². The zero-order valence-corrected chi connectivity index (χ0v) is 65.7. The molecule has 0 fully saturated rings. The second-order valence-corrected chi connectivity index (χ2v) is 28.7. The van der Waals surface area contributed by atoms with Crippen molar-refractivity contribution in [3.05, 3.63) is 170 Å². The van der Waals surface area contributed by atoms with Gasteiger partial charge in [0.05, 0.1) is 26.4 Å². The molecule has 0 radical (unpaired) electrons. The summed E-state index contributed by atoms with van der Waals surface area (Å²) in [6.07, 6.45) is 96.7. The van der Waals surface area contributed by atoms with E-state index in [0.717, 1.165) is 180 Å². The van der Waals surface area contributed by atoms with Gasteiger partial charge in [0.25, 0.3) is 0 Å². The normalized spacial score (nSPS) is 14.9. The Bertz CT molecular complexity index is 2550. The SMILES string of the molecule is CC/C=C\C/C=C\C/C=C\C/C=C\C/C=C\CCCCCCCC(=O)OCC(COP(=O)(O)OCC(O)COP(=O)(O)OCC(O)COC(=O)CCCCCCCCCCC/C=C\C/C=C\C/C=C\C/C=C\CCCCC)OC(=O)CCCCCCC/C=C\C/C=C\C/C=C\C/C=C\C/C=C\CC. The van der Waals surface area contributed by atoms with Crippen LogP contribution in [0.15, 0.2) is 170 Å². The number of aliphatic hydroxyl groups excluding tert-OH is 2. The molecule has 18 heteroatoms. The predicted molar refractivity (Wildman–Crippen MR) is 426 cm³/mol. The van der Waals surface area contributed by atoms with E-state index < -0.39 is 91.5 Å². The summed E-state index contributed by atoms with van der Waals surface area (Å²) in [6, 6.07) is 0. The average Bonchev–Trinajstić information content (AvgIpc) is 0.935. The van der Waals surface area contributed by atoms with Gasteiger partial charge >= 0.3 is 33.6 Å². The van der Waals surface area contributed by atoms with Gasteiger partial charge in [-0.25, -0.2) is 9.13 Å². The zero-order chi connectivity index (χ0) is 75.2. The molecule has 0 aromatic rings. The highest BCUT2D eigenvalue weighted by Crippen LogP contribution is 2.45. The van der Waals surface area contributed by atoms with Crippen LogP contribution in [0.5, 0.6) is 0 Å². The second-order valence-electron chi connectivity index (χ2n) is 25.7. The molecule has 4 N–H and O–H groups in total. The molecule has 0 bridgehead atoms. The maximum absolute atomic E-state index is 13.0. The molecule has 0 rings (SSSR count). The molecule has 103 heavy (non-hydrogen) atoms. The van der Waals surface area contributed by atoms with Crippen molar-refractivity contribution in [3.63, 3.8) is 0 Å². The summed E-state index contributed by atoms with van der Waals surface area (Å²) in [7, 11) is -9.82. The van der Waals surface area contributed by atoms with Gasteiger partial charge in [0, 0.05) is 19.3 Å². The summed E-state index contributed by atoms with van der Waals surface area (Å²) < 4.78 is 61.2. The molecule has 0 amide bonds. The van der Waals surface area contributed by atoms with Crippen molar-refractivity contribution in [1.29, 1.82) is 0 Å². The molecule has 0 saturated carbocycles. The Labute approximate surface area is 624 Å². The third-order valence-corrected chi connectivity index (χ3v) is 17.8. The number of hydrogen-bond donors (Lipinski definition) is 4. The molecule has 16 nitrogen and oxygen atoms in total. The molecule has 0 heterocycles. The van der Waals surface area contributed by atoms with Crippen LogP contribution in [-0.2, 0) is 55.8 Å². The molecular weight excluding hydrogens is 1340 g/mol. The van der Waals surface area contributed by atoms with E-state index in [2.05, 4.69) is 191 Å². The fraction of sp³-hybridized carbons (Fsp3) is 0.635. The molecule has 0 aromatic heterocycles. The lowest BCUT2D eigenvalue weighted by molar-refractivity contribution is -0.161. The minimum atomic E-state index is -4.95. The monoisotopic (exact) mass is 1480 g/mol. The Hall–Kier alpha value is -5.09. The Kier molecular flexibility index (Phi) is 72.8. The average molecular weight is 1480 g/mol. The van der Waals surface area contributed by atoms with Crippen LogP contribution in [-0.4, -0.2) is 95.9 Å². The van der Waals surface area contributed by atoms with Crippen molar-refractivity contribution in [3.8, 4) is 0 Å². The van der Waals surface area contributed by atoms with Gasteiger partial charge in [-0.3, -0.25) is 32.5 Å². The van der Waals surface area contributed by atoms with E-state index in [4.69, 9.17) is 32.3 Å². The number of unbranched alkanes of at least 4 members (excludes halogenated alkanes) is 22. The van der Waals surface area contributed by atoms with Gasteiger partial charge < -0.3 is 34.2 Å². The lowest BCUT2D eigenvalue weighted by atomic mass is 10.1. The predicted octanol–water partition coefficient (Wildman–Crippen LogP) is 23.2. The van der Waals surface area contributed by atoms with E-state index in [-0.39, 0.29) is 19.3 Å². The Morgan fingerprint density at radius 3 is 0.816 bits per heavy atom. The number of carbonyl (C=O) groups excluding carboxylic acids is 3. The Morgan fingerprint density at radius 2 is 0.515 bits per heavy atom. The minimum Gasteiger partial charge on any atom is -0.463 e. The summed E-state index contributed by atoms with van der Waals surface area (Å²) in [4.78, 5) is 58.7. The van der Waals surface area contributed by atoms with Gasteiger partial charge in [-0.1, -0.05) is 287 Å². The van der Waals surface area contributed by atoms with E-state index in [1.54, 1.807) is 0 Å². The van der Waals surface area contributed by atoms with Crippen LogP contribution in [0.4, 0.5) is 0 Å². The fourth-order valence-electron chi connectivity index (χ4n) is 9.96. The molecule has 0 spiro atoms. The zero-order valence-electron chi connectivity index (χ0n) is 63.9. The van der Waals surface area contributed by atoms with Crippen molar-refractivity contribution in [2.45, 2.75) is 309 Å². The number of rotatable bonds is 73. The van der Waals surface area contributed by atoms with E-state index in [1.807, 2.05) is 0 Å². The highest BCUT2D eigenvalue weighted by molar-refractivity contribution is 7.47. The van der Waals surface area contributed by atoms with Crippen molar-refractivity contribution < 1.29 is 75.8 Å². The number of esters is 3. The highest BCUT2D eigenvalue weighted by atomic mass is 31.2. The molecule has 0 saturated heterocycles. The first-order valence-electron chi connectivity index (χ1n) is 39.4. The molecule has 5 atom stereocenters. The molecule has 0 aliphatic heterocycles. The number of hydrogen-bond acceptors (Lipinski definition) is 14. The van der Waals surface area contributed by atoms with Gasteiger partial charge in [-0.2, -0.15) is 0 Å². The van der Waals surface area contributed by atoms with Crippen molar-refractivity contribution in [1.82, 2.24) is 0 Å². The summed E-state index contributed by atoms with van der Waals surface area (Å²) in [6.45, 7) is 2.36. The Balaban J connectivity index is 4.73. The van der Waals surface area contributed by atoms with Crippen molar-refractivity contribution in [2.24, 2.45) is 0 Å². The molecule has 0 aliphatic carbocycles. The van der Waals surface area contributed by atoms with Gasteiger partial charge in [-0.15, -0.1) is 0 Å². The fourth-order valence-corrected chi connectivity index (χ4v) is 11.5. The lowest BCUT2D eigenvalue weighted by Gasteiger charge is -2.21. The van der Waals surface area contributed by atoms with Crippen LogP contribution in [0.3, 0.4) is 0 Å². The Morgan fingerprint density at radius 1 is 0.282 bits per heavy atom. The first-order chi connectivity index (χ1) is 50.2. The van der Waals surface area contributed by atoms with Gasteiger partial charge in [0.1, 0.15) is 25.4 Å². The number of carbonyl (C=O) groups is 3. The minimum absolute atomic E-state index is 0.0706. The van der Waals surface area contributed by atoms with Crippen LogP contribution < -0.4 is 0 Å². The topological polar surface area (TPSA) is 231 Å². The first kappa shape index (κ1) is 97.9. The van der Waals surface area contributed by atoms with Crippen LogP contribution in [0, 0.1) is 0 Å². The smallest absolute Gasteiger partial charge is 0.463 e. The summed E-state index contributed by atoms with van der Waals surface area (Å²) >= 11 is 0. The summed E-state index contributed by atoms with van der Waals surface area (Å²) in [5.41, 5.74) is 0. The largest absolute Gasteiger partial charge is 0.472 e. The number of aliphatic hydroxyl groups is 2. The molecule has 0 aromatic carbocycles. The highest BCUT2D eigenvalue weighted by Gasteiger charge is 2.29.